The highest BCUT2D eigenvalue weighted by Crippen LogP contribution is 2.19. The second-order valence-electron chi connectivity index (χ2n) is 5.74. The largest absolute Gasteiger partial charge is 0.392 e. The van der Waals surface area contributed by atoms with Gasteiger partial charge in [0, 0.05) is 18.1 Å². The van der Waals surface area contributed by atoms with Gasteiger partial charge in [-0.25, -0.2) is 0 Å². The van der Waals surface area contributed by atoms with E-state index in [2.05, 4.69) is 4.90 Å². The molecule has 1 fully saturated rings. The summed E-state index contributed by atoms with van der Waals surface area (Å²) in [6.07, 6.45) is 0.959. The third-order valence-corrected chi connectivity index (χ3v) is 4.08. The quantitative estimate of drug-likeness (QED) is 0.845. The number of halogens is 1. The lowest BCUT2D eigenvalue weighted by atomic mass is 10.1. The van der Waals surface area contributed by atoms with Crippen LogP contribution in [0.25, 0.3) is 0 Å². The van der Waals surface area contributed by atoms with Crippen molar-refractivity contribution in [2.75, 3.05) is 26.2 Å². The summed E-state index contributed by atoms with van der Waals surface area (Å²) in [4.78, 5) is 2.09. The number of rotatable bonds is 6. The van der Waals surface area contributed by atoms with Gasteiger partial charge in [0.2, 0.25) is 0 Å². The molecule has 0 unspecified atom stereocenters. The van der Waals surface area contributed by atoms with Crippen LogP contribution in [0.3, 0.4) is 0 Å². The second-order valence-corrected chi connectivity index (χ2v) is 6.17. The van der Waals surface area contributed by atoms with Crippen molar-refractivity contribution in [3.63, 3.8) is 0 Å². The van der Waals surface area contributed by atoms with Gasteiger partial charge >= 0.3 is 0 Å². The summed E-state index contributed by atoms with van der Waals surface area (Å²) in [5.41, 5.74) is 1.04. The van der Waals surface area contributed by atoms with Crippen LogP contribution in [-0.2, 0) is 4.74 Å². The molecule has 0 radical (unpaired) electrons. The van der Waals surface area contributed by atoms with Crippen molar-refractivity contribution in [2.45, 2.75) is 38.1 Å². The molecule has 21 heavy (non-hydrogen) atoms. The zero-order valence-corrected chi connectivity index (χ0v) is 13.2. The van der Waals surface area contributed by atoms with E-state index in [1.54, 1.807) is 0 Å². The fourth-order valence-corrected chi connectivity index (χ4v) is 2.76. The molecule has 0 bridgehead atoms. The highest BCUT2D eigenvalue weighted by atomic mass is 35.5. The highest BCUT2D eigenvalue weighted by molar-refractivity contribution is 6.30. The number of benzene rings is 1. The summed E-state index contributed by atoms with van der Waals surface area (Å²) in [6, 6.07) is 7.53. The molecule has 2 N–H and O–H groups in total. The maximum atomic E-state index is 10.1. The highest BCUT2D eigenvalue weighted by Gasteiger charge is 2.20. The Hall–Kier alpha value is -0.650. The number of piperidine rings is 1. The Labute approximate surface area is 131 Å². The molecule has 0 aromatic heterocycles. The van der Waals surface area contributed by atoms with E-state index in [9.17, 15) is 10.2 Å². The summed E-state index contributed by atoms with van der Waals surface area (Å²) in [6.45, 7) is 4.37. The first-order valence-corrected chi connectivity index (χ1v) is 7.88. The van der Waals surface area contributed by atoms with Crippen LogP contribution in [0.4, 0.5) is 0 Å². The lowest BCUT2D eigenvalue weighted by Crippen LogP contribution is -2.43. The van der Waals surface area contributed by atoms with Crippen molar-refractivity contribution in [3.8, 4) is 0 Å². The Morgan fingerprint density at radius 1 is 1.38 bits per heavy atom. The van der Waals surface area contributed by atoms with E-state index in [0.717, 1.165) is 24.9 Å². The summed E-state index contributed by atoms with van der Waals surface area (Å²) in [5.74, 6) is 0. The number of hydrogen-bond donors (Lipinski definition) is 2. The summed E-state index contributed by atoms with van der Waals surface area (Å²) >= 11 is 5.86. The van der Waals surface area contributed by atoms with Crippen molar-refractivity contribution in [1.82, 2.24) is 4.90 Å². The number of hydrogen-bond acceptors (Lipinski definition) is 4. The second kappa shape index (κ2) is 8.11. The number of β-amino-alcohol motifs (C(OH)–C–C–N with tert-alkyl or cyclic N) is 2. The minimum Gasteiger partial charge on any atom is -0.392 e. The molecule has 5 heteroatoms. The molecule has 1 aromatic rings. The summed E-state index contributed by atoms with van der Waals surface area (Å²) < 4.78 is 5.72. The normalized spacial score (nSPS) is 23.0. The van der Waals surface area contributed by atoms with Gasteiger partial charge in [0.25, 0.3) is 0 Å². The lowest BCUT2D eigenvalue weighted by molar-refractivity contribution is -0.0262. The first-order chi connectivity index (χ1) is 10.0. The molecule has 0 amide bonds. The summed E-state index contributed by atoms with van der Waals surface area (Å²) in [5, 5.41) is 20.4. The van der Waals surface area contributed by atoms with Crippen molar-refractivity contribution >= 4 is 11.6 Å². The standard InChI is InChI=1S/C16H24ClNO3/c1-12(13-4-6-14(17)7-5-13)21-11-16(20)10-18-8-2-3-15(19)9-18/h4-7,12,15-16,19-20H,2-3,8-11H2,1H3/t12-,15+,16+/m1/s1. The minimum absolute atomic E-state index is 0.0798. The first kappa shape index (κ1) is 16.7. The van der Waals surface area contributed by atoms with Gasteiger partial charge in [0.05, 0.1) is 24.9 Å². The van der Waals surface area contributed by atoms with Crippen LogP contribution in [0.15, 0.2) is 24.3 Å². The molecule has 1 aliphatic rings. The van der Waals surface area contributed by atoms with Crippen LogP contribution < -0.4 is 0 Å². The van der Waals surface area contributed by atoms with Crippen molar-refractivity contribution < 1.29 is 14.9 Å². The van der Waals surface area contributed by atoms with Gasteiger partial charge < -0.3 is 14.9 Å². The van der Waals surface area contributed by atoms with Gasteiger partial charge in [-0.3, -0.25) is 4.90 Å². The Morgan fingerprint density at radius 2 is 2.10 bits per heavy atom. The number of aliphatic hydroxyl groups is 2. The minimum atomic E-state index is -0.537. The monoisotopic (exact) mass is 313 g/mol. The molecule has 3 atom stereocenters. The molecule has 0 spiro atoms. The number of likely N-dealkylation sites (tertiary alicyclic amines) is 1. The van der Waals surface area contributed by atoms with Gasteiger partial charge in [-0.1, -0.05) is 23.7 Å². The van der Waals surface area contributed by atoms with E-state index in [-0.39, 0.29) is 18.8 Å². The smallest absolute Gasteiger partial charge is 0.0900 e. The van der Waals surface area contributed by atoms with Gasteiger partial charge in [-0.2, -0.15) is 0 Å². The first-order valence-electron chi connectivity index (χ1n) is 7.50. The Balaban J connectivity index is 1.72. The fraction of sp³-hybridized carbons (Fsp3) is 0.625. The third kappa shape index (κ3) is 5.57. The van der Waals surface area contributed by atoms with Crippen molar-refractivity contribution in [1.29, 1.82) is 0 Å². The zero-order chi connectivity index (χ0) is 15.2. The molecule has 2 rings (SSSR count). The van der Waals surface area contributed by atoms with Crippen LogP contribution in [0.2, 0.25) is 5.02 Å². The molecule has 1 aliphatic heterocycles. The van der Waals surface area contributed by atoms with E-state index in [0.29, 0.717) is 18.1 Å². The van der Waals surface area contributed by atoms with E-state index >= 15 is 0 Å². The molecular weight excluding hydrogens is 290 g/mol. The van der Waals surface area contributed by atoms with E-state index < -0.39 is 6.10 Å². The Kier molecular flexibility index (Phi) is 6.45. The topological polar surface area (TPSA) is 52.9 Å². The lowest BCUT2D eigenvalue weighted by Gasteiger charge is -2.31. The molecule has 0 aliphatic carbocycles. The maximum Gasteiger partial charge on any atom is 0.0900 e. The molecule has 0 saturated carbocycles. The fourth-order valence-electron chi connectivity index (χ4n) is 2.63. The molecule has 118 valence electrons. The molecule has 4 nitrogen and oxygen atoms in total. The van der Waals surface area contributed by atoms with Crippen LogP contribution >= 0.6 is 11.6 Å². The van der Waals surface area contributed by atoms with E-state index in [1.807, 2.05) is 31.2 Å². The number of aliphatic hydroxyl groups excluding tert-OH is 2. The van der Waals surface area contributed by atoms with E-state index in [4.69, 9.17) is 16.3 Å². The summed E-state index contributed by atoms with van der Waals surface area (Å²) in [7, 11) is 0. The van der Waals surface area contributed by atoms with Crippen LogP contribution in [0.5, 0.6) is 0 Å². The Bertz CT molecular complexity index is 426. The Morgan fingerprint density at radius 3 is 2.76 bits per heavy atom. The predicted molar refractivity (Wildman–Crippen MR) is 83.5 cm³/mol. The molecular formula is C16H24ClNO3. The molecule has 1 heterocycles. The van der Waals surface area contributed by atoms with Crippen LogP contribution in [0.1, 0.15) is 31.4 Å². The average Bonchev–Trinajstić information content (AvgIpc) is 2.45. The SMILES string of the molecule is C[C@@H](OC[C@@H](O)CN1CCC[C@H](O)C1)c1ccc(Cl)cc1. The molecule has 1 saturated heterocycles. The van der Waals surface area contributed by atoms with Gasteiger partial charge in [-0.15, -0.1) is 0 Å². The third-order valence-electron chi connectivity index (χ3n) is 3.83. The predicted octanol–water partition coefficient (Wildman–Crippen LogP) is 2.24. The average molecular weight is 314 g/mol. The number of ether oxygens (including phenoxy) is 1. The zero-order valence-electron chi connectivity index (χ0n) is 12.4. The van der Waals surface area contributed by atoms with Crippen LogP contribution in [0, 0.1) is 0 Å². The van der Waals surface area contributed by atoms with E-state index in [1.165, 1.54) is 0 Å². The number of nitrogens with zero attached hydrogens (tertiary/aromatic N) is 1. The van der Waals surface area contributed by atoms with Gasteiger partial charge in [0.15, 0.2) is 0 Å². The van der Waals surface area contributed by atoms with Gasteiger partial charge in [0.1, 0.15) is 0 Å². The van der Waals surface area contributed by atoms with Gasteiger partial charge in [-0.05, 0) is 44.0 Å². The maximum absolute atomic E-state index is 10.1. The molecule has 1 aromatic carbocycles. The van der Waals surface area contributed by atoms with Crippen molar-refractivity contribution in [2.24, 2.45) is 0 Å². The van der Waals surface area contributed by atoms with Crippen molar-refractivity contribution in [3.05, 3.63) is 34.9 Å². The van der Waals surface area contributed by atoms with Crippen LogP contribution in [-0.4, -0.2) is 53.6 Å².